The van der Waals surface area contributed by atoms with Crippen LogP contribution in [0.15, 0.2) is 442 Å². The number of aromatic nitrogens is 2. The molecule has 0 saturated heterocycles. The Labute approximate surface area is 752 Å². The maximum atomic E-state index is 6.70. The molecular formula is C122H70N2O4S2. The molecule has 0 amide bonds. The minimum absolute atomic E-state index is 0.839. The number of hydrogen-bond donors (Lipinski definition) is 0. The van der Waals surface area contributed by atoms with E-state index in [-0.39, 0.29) is 0 Å². The average molecular weight is 1690 g/mol. The highest BCUT2D eigenvalue weighted by atomic mass is 32.1. The molecule has 0 bridgehead atoms. The molecule has 0 radical (unpaired) electrons. The third-order valence-corrected chi connectivity index (χ3v) is 28.9. The Hall–Kier alpha value is -16.6. The standard InChI is InChI=1S/C61H35NO3.C61H35NOS2/c1-2-15-36(16-3-1)56-59-44-19-4-8-25-49(44)62-61(48(59)35-55-60(56)47-22-7-11-28-52(47)65-55)38-18-12-17-37(31-38)39-32-40(42-23-13-29-53-57(42)45-20-5-9-26-50(45)63-53)34-41(33-39)43-24-14-30-54-58(43)46-21-6-10-27-51(46)64-54;1-2-15-36(16-3-1)56-57-48-21-4-8-27-51(48)62-59(50(57)35-53-58(56)49-22-5-9-28-52(49)63-53)38-18-12-17-37(31-38)39-32-40(42-23-13-25-46-44-19-6-10-29-54(44)64-60(42)46)34-41(33-39)43-24-14-26-47-45-20-7-11-30-55(45)65-61(43)47/h2*1-35H. The Kier molecular flexibility index (Phi) is 16.7. The summed E-state index contributed by atoms with van der Waals surface area (Å²) in [6.45, 7) is 0. The molecule has 28 rings (SSSR count). The second-order valence-corrected chi connectivity index (χ2v) is 36.0. The summed E-state index contributed by atoms with van der Waals surface area (Å²) < 4.78 is 31.5. The zero-order valence-corrected chi connectivity index (χ0v) is 71.4. The van der Waals surface area contributed by atoms with Crippen LogP contribution in [0.1, 0.15) is 0 Å². The van der Waals surface area contributed by atoms with Gasteiger partial charge in [-0.25, -0.2) is 9.97 Å². The number of thiophene rings is 2. The lowest BCUT2D eigenvalue weighted by molar-refractivity contribution is 0.668. The van der Waals surface area contributed by atoms with E-state index >= 15 is 0 Å². The molecule has 130 heavy (non-hydrogen) atoms. The largest absolute Gasteiger partial charge is 0.456 e. The van der Waals surface area contributed by atoms with E-state index in [1.807, 2.05) is 59.1 Å². The van der Waals surface area contributed by atoms with Crippen LogP contribution in [0.25, 0.3) is 283 Å². The van der Waals surface area contributed by atoms with Gasteiger partial charge in [0.15, 0.2) is 0 Å². The van der Waals surface area contributed by atoms with E-state index in [4.69, 9.17) is 27.6 Å². The van der Waals surface area contributed by atoms with Crippen LogP contribution in [0.2, 0.25) is 0 Å². The van der Waals surface area contributed by atoms with Crippen LogP contribution in [0.3, 0.4) is 0 Å². The van der Waals surface area contributed by atoms with Crippen molar-refractivity contribution in [3.8, 4) is 112 Å². The summed E-state index contributed by atoms with van der Waals surface area (Å²) in [6, 6.07) is 152. The molecule has 20 aromatic carbocycles. The minimum atomic E-state index is 0.839. The van der Waals surface area contributed by atoms with Gasteiger partial charge < -0.3 is 17.7 Å². The third kappa shape index (κ3) is 11.8. The van der Waals surface area contributed by atoms with Crippen LogP contribution in [0.4, 0.5) is 0 Å². The Morgan fingerprint density at radius 2 is 0.446 bits per heavy atom. The van der Waals surface area contributed by atoms with Gasteiger partial charge in [0.2, 0.25) is 0 Å². The fraction of sp³-hybridized carbons (Fsp3) is 0. The smallest absolute Gasteiger partial charge is 0.136 e. The van der Waals surface area contributed by atoms with E-state index in [9.17, 15) is 0 Å². The van der Waals surface area contributed by atoms with E-state index in [0.717, 1.165) is 209 Å². The molecule has 28 aromatic rings. The van der Waals surface area contributed by atoms with Crippen molar-refractivity contribution >= 4 is 194 Å². The molecule has 6 nitrogen and oxygen atoms in total. The van der Waals surface area contributed by atoms with Crippen molar-refractivity contribution in [2.75, 3.05) is 0 Å². The summed E-state index contributed by atoms with van der Waals surface area (Å²) >= 11 is 3.76. The van der Waals surface area contributed by atoms with Crippen molar-refractivity contribution in [3.63, 3.8) is 0 Å². The average Bonchev–Trinajstić information content (AvgIpc) is 1.55. The lowest BCUT2D eigenvalue weighted by Crippen LogP contribution is -1.93. The highest BCUT2D eigenvalue weighted by molar-refractivity contribution is 7.26. The summed E-state index contributed by atoms with van der Waals surface area (Å²) in [6.07, 6.45) is 0. The van der Waals surface area contributed by atoms with Crippen molar-refractivity contribution in [1.82, 2.24) is 9.97 Å². The van der Waals surface area contributed by atoms with Crippen LogP contribution >= 0.6 is 22.7 Å². The molecule has 0 fully saturated rings. The van der Waals surface area contributed by atoms with Crippen LogP contribution in [-0.2, 0) is 0 Å². The predicted molar refractivity (Wildman–Crippen MR) is 548 cm³/mol. The monoisotopic (exact) mass is 1690 g/mol. The Morgan fingerprint density at radius 3 is 0.869 bits per heavy atom. The molecule has 0 aliphatic carbocycles. The Bertz CT molecular complexity index is 9330. The van der Waals surface area contributed by atoms with Gasteiger partial charge in [-0.1, -0.05) is 303 Å². The van der Waals surface area contributed by atoms with E-state index < -0.39 is 0 Å². The highest BCUT2D eigenvalue weighted by Gasteiger charge is 2.27. The van der Waals surface area contributed by atoms with Gasteiger partial charge in [-0.2, -0.15) is 0 Å². The first kappa shape index (κ1) is 73.7. The van der Waals surface area contributed by atoms with E-state index in [1.54, 1.807) is 0 Å². The molecule has 8 aromatic heterocycles. The number of rotatable bonds is 10. The third-order valence-electron chi connectivity index (χ3n) is 26.4. The molecule has 0 N–H and O–H groups in total. The number of hydrogen-bond acceptors (Lipinski definition) is 8. The van der Waals surface area contributed by atoms with Gasteiger partial charge in [0.1, 0.15) is 44.7 Å². The second kappa shape index (κ2) is 29.5. The SMILES string of the molecule is c1ccc(-c2c3c(cc4c(-c5cccc(-c6cc(-c7cccc8c7sc7ccccc78)cc(-c7cccc8c7sc7ccccc78)c6)c5)nc5ccccc5c24)oc2ccccc23)cc1.c1ccc(-c2c3c(cc4c(-c5cccc(-c6cc(-c7cccc8oc9ccccc9c78)cc(-c7cccc8oc9ccccc9c78)c6)c5)nc5ccccc5c24)oc2ccccc23)cc1. The molecule has 604 valence electrons. The zero-order chi connectivity index (χ0) is 85.2. The van der Waals surface area contributed by atoms with Crippen LogP contribution < -0.4 is 0 Å². The number of nitrogens with zero attached hydrogens (tertiary/aromatic N) is 2. The highest BCUT2D eigenvalue weighted by Crippen LogP contribution is 2.53. The molecule has 8 heteroatoms. The van der Waals surface area contributed by atoms with Gasteiger partial charge in [-0.3, -0.25) is 0 Å². The summed E-state index contributed by atoms with van der Waals surface area (Å²) in [5, 5.41) is 20.7. The van der Waals surface area contributed by atoms with Crippen molar-refractivity contribution in [3.05, 3.63) is 425 Å². The molecule has 0 atom stereocenters. The Morgan fingerprint density at radius 1 is 0.162 bits per heavy atom. The minimum Gasteiger partial charge on any atom is -0.456 e. The number of fused-ring (bicyclic) bond motifs is 24. The van der Waals surface area contributed by atoms with Gasteiger partial charge >= 0.3 is 0 Å². The zero-order valence-electron chi connectivity index (χ0n) is 69.8. The fourth-order valence-electron chi connectivity index (χ4n) is 20.7. The number of para-hydroxylation sites is 6. The molecular weight excluding hydrogens is 1620 g/mol. The molecule has 0 spiro atoms. The first-order valence-corrected chi connectivity index (χ1v) is 45.7. The summed E-state index contributed by atoms with van der Waals surface area (Å²) in [4.78, 5) is 11.0. The summed E-state index contributed by atoms with van der Waals surface area (Å²) in [5.74, 6) is 0. The fourth-order valence-corrected chi connectivity index (χ4v) is 23.2. The van der Waals surface area contributed by atoms with Gasteiger partial charge in [-0.15, -0.1) is 22.7 Å². The lowest BCUT2D eigenvalue weighted by Gasteiger charge is -2.16. The van der Waals surface area contributed by atoms with Crippen LogP contribution in [0.5, 0.6) is 0 Å². The number of furan rings is 4. The number of benzene rings is 20. The maximum absolute atomic E-state index is 6.70. The molecule has 0 saturated carbocycles. The topological polar surface area (TPSA) is 78.3 Å². The van der Waals surface area contributed by atoms with Gasteiger partial charge in [0, 0.05) is 138 Å². The summed E-state index contributed by atoms with van der Waals surface area (Å²) in [7, 11) is 0. The van der Waals surface area contributed by atoms with Crippen LogP contribution in [0, 0.1) is 0 Å². The second-order valence-electron chi connectivity index (χ2n) is 33.9. The predicted octanol–water partition coefficient (Wildman–Crippen LogP) is 35.8. The van der Waals surface area contributed by atoms with E-state index in [1.165, 1.54) is 73.5 Å². The van der Waals surface area contributed by atoms with Gasteiger partial charge in [-0.05, 0) is 199 Å². The molecule has 0 aliphatic rings. The van der Waals surface area contributed by atoms with Gasteiger partial charge in [0.05, 0.1) is 22.4 Å². The molecule has 8 heterocycles. The first-order chi connectivity index (χ1) is 64.4. The van der Waals surface area contributed by atoms with E-state index in [0.29, 0.717) is 0 Å². The van der Waals surface area contributed by atoms with Gasteiger partial charge in [0.25, 0.3) is 0 Å². The van der Waals surface area contributed by atoms with Crippen molar-refractivity contribution in [1.29, 1.82) is 0 Å². The summed E-state index contributed by atoms with van der Waals surface area (Å²) in [5.41, 5.74) is 31.1. The maximum Gasteiger partial charge on any atom is 0.136 e. The number of pyridine rings is 2. The lowest BCUT2D eigenvalue weighted by atomic mass is 9.88. The molecule has 0 aliphatic heterocycles. The Balaban J connectivity index is 0.000000134. The normalized spacial score (nSPS) is 12.0. The van der Waals surface area contributed by atoms with Crippen LogP contribution in [-0.4, -0.2) is 9.97 Å². The van der Waals surface area contributed by atoms with Crippen molar-refractivity contribution in [2.24, 2.45) is 0 Å². The quantitative estimate of drug-likeness (QED) is 0.127. The van der Waals surface area contributed by atoms with Crippen molar-refractivity contribution < 1.29 is 17.7 Å². The van der Waals surface area contributed by atoms with E-state index in [2.05, 4.69) is 388 Å². The molecule has 0 unspecified atom stereocenters. The first-order valence-electron chi connectivity index (χ1n) is 44.0. The van der Waals surface area contributed by atoms with Crippen molar-refractivity contribution in [2.45, 2.75) is 0 Å².